The molecule has 0 bridgehead atoms. The highest BCUT2D eigenvalue weighted by Gasteiger charge is 2.03. The first kappa shape index (κ1) is 9.22. The van der Waals surface area contributed by atoms with Gasteiger partial charge >= 0.3 is 0 Å². The Bertz CT molecular complexity index is 265. The maximum atomic E-state index is 4.91. The molecule has 0 aliphatic rings. The van der Waals surface area contributed by atoms with E-state index in [1.807, 2.05) is 0 Å². The van der Waals surface area contributed by atoms with Crippen LogP contribution in [0, 0.1) is 3.95 Å². The number of H-pyrrole nitrogens is 1. The maximum absolute atomic E-state index is 4.91. The number of hydrogen-bond acceptors (Lipinski definition) is 4. The van der Waals surface area contributed by atoms with Gasteiger partial charge in [-0.25, -0.2) is 0 Å². The van der Waals surface area contributed by atoms with Crippen molar-refractivity contribution in [2.45, 2.75) is 29.9 Å². The van der Waals surface area contributed by atoms with E-state index in [9.17, 15) is 0 Å². The fourth-order valence-electron chi connectivity index (χ4n) is 0.522. The molecule has 1 atom stereocenters. The van der Waals surface area contributed by atoms with E-state index < -0.39 is 0 Å². The third-order valence-corrected chi connectivity index (χ3v) is 3.75. The average Bonchev–Trinajstić information content (AvgIpc) is 2.35. The zero-order valence-corrected chi connectivity index (χ0v) is 8.91. The predicted molar refractivity (Wildman–Crippen MR) is 52.9 cm³/mol. The van der Waals surface area contributed by atoms with Gasteiger partial charge in [0.15, 0.2) is 8.29 Å². The summed E-state index contributed by atoms with van der Waals surface area (Å²) >= 11 is 8.23. The molecular weight excluding hydrogens is 196 g/mol. The molecule has 0 aliphatic heterocycles. The monoisotopic (exact) mass is 206 g/mol. The SMILES string of the molecule is CC[C@H](C)Sc1n[nH]c(=S)s1. The highest BCUT2D eigenvalue weighted by molar-refractivity contribution is 8.01. The van der Waals surface area contributed by atoms with Gasteiger partial charge in [-0.2, -0.15) is 5.10 Å². The van der Waals surface area contributed by atoms with E-state index >= 15 is 0 Å². The van der Waals surface area contributed by atoms with Gasteiger partial charge in [-0.05, 0) is 18.6 Å². The van der Waals surface area contributed by atoms with Crippen LogP contribution in [0.15, 0.2) is 4.34 Å². The highest BCUT2D eigenvalue weighted by Crippen LogP contribution is 2.26. The van der Waals surface area contributed by atoms with Crippen LogP contribution in [-0.4, -0.2) is 15.4 Å². The number of rotatable bonds is 3. The van der Waals surface area contributed by atoms with Gasteiger partial charge in [0.25, 0.3) is 0 Å². The van der Waals surface area contributed by atoms with Crippen molar-refractivity contribution < 1.29 is 0 Å². The van der Waals surface area contributed by atoms with Crippen LogP contribution < -0.4 is 0 Å². The zero-order valence-electron chi connectivity index (χ0n) is 6.46. The molecule has 1 heterocycles. The first-order valence-corrected chi connectivity index (χ1v) is 5.55. The fourth-order valence-corrected chi connectivity index (χ4v) is 2.85. The van der Waals surface area contributed by atoms with Crippen molar-refractivity contribution >= 4 is 35.3 Å². The van der Waals surface area contributed by atoms with Crippen LogP contribution in [0.5, 0.6) is 0 Å². The second-order valence-corrected chi connectivity index (χ2v) is 5.57. The van der Waals surface area contributed by atoms with Crippen molar-refractivity contribution in [2.24, 2.45) is 0 Å². The van der Waals surface area contributed by atoms with Crippen LogP contribution >= 0.6 is 35.3 Å². The lowest BCUT2D eigenvalue weighted by Gasteiger charge is -2.02. The van der Waals surface area contributed by atoms with E-state index in [0.717, 1.165) is 14.7 Å². The Kier molecular flexibility index (Phi) is 3.54. The van der Waals surface area contributed by atoms with Crippen LogP contribution in [0.25, 0.3) is 0 Å². The molecule has 2 nitrogen and oxygen atoms in total. The molecule has 5 heteroatoms. The number of nitrogens with zero attached hydrogens (tertiary/aromatic N) is 1. The van der Waals surface area contributed by atoms with Crippen LogP contribution in [0.4, 0.5) is 0 Å². The van der Waals surface area contributed by atoms with Gasteiger partial charge in [0.1, 0.15) is 0 Å². The van der Waals surface area contributed by atoms with Crippen molar-refractivity contribution in [1.29, 1.82) is 0 Å². The molecule has 0 aliphatic carbocycles. The molecule has 1 aromatic heterocycles. The first-order valence-electron chi connectivity index (χ1n) is 3.44. The van der Waals surface area contributed by atoms with Crippen molar-refractivity contribution in [2.75, 3.05) is 0 Å². The lowest BCUT2D eigenvalue weighted by molar-refractivity contribution is 0.899. The fraction of sp³-hybridized carbons (Fsp3) is 0.667. The summed E-state index contributed by atoms with van der Waals surface area (Å²) in [7, 11) is 0. The van der Waals surface area contributed by atoms with Gasteiger partial charge in [-0.15, -0.1) is 0 Å². The topological polar surface area (TPSA) is 28.7 Å². The number of aromatic nitrogens is 2. The van der Waals surface area contributed by atoms with Crippen molar-refractivity contribution in [3.05, 3.63) is 3.95 Å². The maximum Gasteiger partial charge on any atom is 0.177 e. The van der Waals surface area contributed by atoms with Gasteiger partial charge in [0.2, 0.25) is 0 Å². The van der Waals surface area contributed by atoms with E-state index in [4.69, 9.17) is 12.2 Å². The van der Waals surface area contributed by atoms with E-state index in [1.54, 1.807) is 23.1 Å². The molecule has 11 heavy (non-hydrogen) atoms. The van der Waals surface area contributed by atoms with Crippen molar-refractivity contribution in [3.8, 4) is 0 Å². The third kappa shape index (κ3) is 2.92. The summed E-state index contributed by atoms with van der Waals surface area (Å²) in [6, 6.07) is 0. The minimum atomic E-state index is 0.629. The number of nitrogens with one attached hydrogen (secondary N) is 1. The van der Waals surface area contributed by atoms with E-state index in [-0.39, 0.29) is 0 Å². The quantitative estimate of drug-likeness (QED) is 0.608. The lowest BCUT2D eigenvalue weighted by atomic mass is 10.4. The molecule has 62 valence electrons. The highest BCUT2D eigenvalue weighted by atomic mass is 32.2. The molecule has 1 N–H and O–H groups in total. The predicted octanol–water partition coefficient (Wildman–Crippen LogP) is 3.09. The van der Waals surface area contributed by atoms with E-state index in [1.165, 1.54) is 0 Å². The van der Waals surface area contributed by atoms with Crippen molar-refractivity contribution in [3.63, 3.8) is 0 Å². The largest absolute Gasteiger partial charge is 0.257 e. The third-order valence-electron chi connectivity index (χ3n) is 1.30. The molecule has 0 radical (unpaired) electrons. The van der Waals surface area contributed by atoms with Gasteiger partial charge in [0, 0.05) is 5.25 Å². The Hall–Kier alpha value is 0.130. The summed E-state index contributed by atoms with van der Waals surface area (Å²) in [4.78, 5) is 0. The lowest BCUT2D eigenvalue weighted by Crippen LogP contribution is -1.90. The minimum absolute atomic E-state index is 0.629. The Balaban J connectivity index is 2.57. The van der Waals surface area contributed by atoms with Gasteiger partial charge in [0.05, 0.1) is 0 Å². The van der Waals surface area contributed by atoms with Gasteiger partial charge in [-0.1, -0.05) is 36.9 Å². The number of aromatic amines is 1. The van der Waals surface area contributed by atoms with Crippen LogP contribution in [-0.2, 0) is 0 Å². The van der Waals surface area contributed by atoms with Crippen LogP contribution in [0.1, 0.15) is 20.3 Å². The van der Waals surface area contributed by atoms with Gasteiger partial charge in [-0.3, -0.25) is 5.10 Å². The Morgan fingerprint density at radius 2 is 2.55 bits per heavy atom. The molecule has 0 unspecified atom stereocenters. The molecule has 0 fully saturated rings. The molecular formula is C6H10N2S3. The summed E-state index contributed by atoms with van der Waals surface area (Å²) in [5.41, 5.74) is 0. The molecule has 0 saturated heterocycles. The summed E-state index contributed by atoms with van der Waals surface area (Å²) in [6.07, 6.45) is 1.16. The Labute approximate surface area is 79.4 Å². The van der Waals surface area contributed by atoms with E-state index in [2.05, 4.69) is 24.0 Å². The number of hydrogen-bond donors (Lipinski definition) is 1. The molecule has 1 aromatic rings. The molecule has 0 saturated carbocycles. The second kappa shape index (κ2) is 4.23. The number of thioether (sulfide) groups is 1. The van der Waals surface area contributed by atoms with Gasteiger partial charge < -0.3 is 0 Å². The first-order chi connectivity index (χ1) is 5.22. The summed E-state index contributed by atoms with van der Waals surface area (Å²) in [6.45, 7) is 4.36. The molecule has 0 aromatic carbocycles. The average molecular weight is 206 g/mol. The van der Waals surface area contributed by atoms with E-state index in [0.29, 0.717) is 5.25 Å². The van der Waals surface area contributed by atoms with Crippen LogP contribution in [0.3, 0.4) is 0 Å². The second-order valence-electron chi connectivity index (χ2n) is 2.22. The molecule has 0 spiro atoms. The van der Waals surface area contributed by atoms with Crippen molar-refractivity contribution in [1.82, 2.24) is 10.2 Å². The minimum Gasteiger partial charge on any atom is -0.257 e. The standard InChI is InChI=1S/C6H10N2S3/c1-3-4(2)10-6-8-7-5(9)11-6/h4H,3H2,1-2H3,(H,7,9)/t4-/m0/s1. The summed E-state index contributed by atoms with van der Waals surface area (Å²) in [5, 5.41) is 7.45. The molecule has 1 rings (SSSR count). The smallest absolute Gasteiger partial charge is 0.177 e. The zero-order chi connectivity index (χ0) is 8.27. The normalized spacial score (nSPS) is 13.3. The Morgan fingerprint density at radius 1 is 1.82 bits per heavy atom. The Morgan fingerprint density at radius 3 is 3.00 bits per heavy atom. The van der Waals surface area contributed by atoms with Crippen LogP contribution in [0.2, 0.25) is 0 Å². The molecule has 0 amide bonds. The summed E-state index contributed by atoms with van der Waals surface area (Å²) < 4.78 is 1.81. The summed E-state index contributed by atoms with van der Waals surface area (Å²) in [5.74, 6) is 0.